The second-order valence-corrected chi connectivity index (χ2v) is 4.66. The van der Waals surface area contributed by atoms with Gasteiger partial charge in [0.2, 0.25) is 0 Å². The lowest BCUT2D eigenvalue weighted by molar-refractivity contribution is 0.198. The van der Waals surface area contributed by atoms with E-state index in [2.05, 4.69) is 0 Å². The van der Waals surface area contributed by atoms with Crippen molar-refractivity contribution < 1.29 is 14.2 Å². The number of aliphatic hydroxyl groups is 1. The van der Waals surface area contributed by atoms with Crippen LogP contribution in [0.4, 0.5) is 4.39 Å². The Bertz CT molecular complexity index is 570. The van der Waals surface area contributed by atoms with Gasteiger partial charge in [-0.3, -0.25) is 0 Å². The highest BCUT2D eigenvalue weighted by molar-refractivity contribution is 6.30. The number of ether oxygens (including phenoxy) is 1. The van der Waals surface area contributed by atoms with E-state index < -0.39 is 11.9 Å². The van der Waals surface area contributed by atoms with Crippen molar-refractivity contribution in [3.05, 3.63) is 64.4 Å². The molecule has 0 saturated carbocycles. The van der Waals surface area contributed by atoms with E-state index in [0.29, 0.717) is 11.3 Å². The summed E-state index contributed by atoms with van der Waals surface area (Å²) in [6.07, 6.45) is -0.563. The molecule has 2 nitrogen and oxygen atoms in total. The van der Waals surface area contributed by atoms with Crippen LogP contribution in [0.3, 0.4) is 0 Å². The number of benzene rings is 2. The Kier molecular flexibility index (Phi) is 4.40. The fraction of sp³-hybridized carbons (Fsp3) is 0.200. The molecule has 1 atom stereocenters. The third kappa shape index (κ3) is 3.46. The molecule has 4 heteroatoms. The number of hydrogen-bond acceptors (Lipinski definition) is 2. The molecule has 2 rings (SSSR count). The summed E-state index contributed by atoms with van der Waals surface area (Å²) >= 11 is 5.70. The first-order chi connectivity index (χ1) is 9.08. The van der Waals surface area contributed by atoms with Crippen LogP contribution in [-0.2, 0) is 6.61 Å². The molecule has 0 spiro atoms. The van der Waals surface area contributed by atoms with Crippen LogP contribution in [0.25, 0.3) is 0 Å². The summed E-state index contributed by atoms with van der Waals surface area (Å²) in [6, 6.07) is 11.9. The molecular formula is C15H14ClFO2. The van der Waals surface area contributed by atoms with Crippen LogP contribution in [0.5, 0.6) is 5.75 Å². The first-order valence-electron chi connectivity index (χ1n) is 5.91. The predicted molar refractivity (Wildman–Crippen MR) is 72.8 cm³/mol. The Morgan fingerprint density at radius 3 is 2.74 bits per heavy atom. The second kappa shape index (κ2) is 6.04. The summed E-state index contributed by atoms with van der Waals surface area (Å²) < 4.78 is 19.2. The quantitative estimate of drug-likeness (QED) is 0.913. The monoisotopic (exact) mass is 280 g/mol. The first kappa shape index (κ1) is 13.8. The molecule has 0 unspecified atom stereocenters. The molecule has 0 amide bonds. The molecule has 0 heterocycles. The molecule has 0 saturated heterocycles. The largest absolute Gasteiger partial charge is 0.489 e. The molecule has 100 valence electrons. The zero-order chi connectivity index (χ0) is 13.8. The smallest absolute Gasteiger partial charge is 0.148 e. The zero-order valence-corrected chi connectivity index (χ0v) is 11.2. The molecule has 0 radical (unpaired) electrons. The van der Waals surface area contributed by atoms with E-state index in [1.165, 1.54) is 6.07 Å². The van der Waals surface area contributed by atoms with Gasteiger partial charge in [-0.1, -0.05) is 35.9 Å². The summed E-state index contributed by atoms with van der Waals surface area (Å²) in [4.78, 5) is 0. The van der Waals surface area contributed by atoms with Gasteiger partial charge in [-0.2, -0.15) is 0 Å². The van der Waals surface area contributed by atoms with E-state index in [1.807, 2.05) is 0 Å². The lowest BCUT2D eigenvalue weighted by Gasteiger charge is -2.10. The van der Waals surface area contributed by atoms with Crippen molar-refractivity contribution in [2.75, 3.05) is 0 Å². The molecule has 0 aliphatic heterocycles. The minimum absolute atomic E-state index is 0.0823. The van der Waals surface area contributed by atoms with Crippen molar-refractivity contribution in [1.29, 1.82) is 0 Å². The first-order valence-corrected chi connectivity index (χ1v) is 6.29. The Balaban J connectivity index is 2.10. The van der Waals surface area contributed by atoms with Crippen LogP contribution >= 0.6 is 11.6 Å². The van der Waals surface area contributed by atoms with Gasteiger partial charge in [0.25, 0.3) is 0 Å². The van der Waals surface area contributed by atoms with Gasteiger partial charge in [-0.05, 0) is 30.7 Å². The topological polar surface area (TPSA) is 29.5 Å². The molecule has 0 aliphatic carbocycles. The Morgan fingerprint density at radius 1 is 1.26 bits per heavy atom. The number of hydrogen-bond donors (Lipinski definition) is 1. The van der Waals surface area contributed by atoms with Crippen LogP contribution in [0.2, 0.25) is 5.02 Å². The van der Waals surface area contributed by atoms with Crippen LogP contribution in [0.1, 0.15) is 24.2 Å². The molecule has 2 aromatic carbocycles. The average Bonchev–Trinajstić information content (AvgIpc) is 2.41. The third-order valence-electron chi connectivity index (χ3n) is 2.77. The van der Waals surface area contributed by atoms with Gasteiger partial charge in [0.05, 0.1) is 11.1 Å². The summed E-state index contributed by atoms with van der Waals surface area (Å²) in [5.41, 5.74) is 1.15. The fourth-order valence-corrected chi connectivity index (χ4v) is 1.88. The van der Waals surface area contributed by atoms with E-state index in [0.717, 1.165) is 5.56 Å². The fourth-order valence-electron chi connectivity index (χ4n) is 1.69. The van der Waals surface area contributed by atoms with E-state index in [-0.39, 0.29) is 11.6 Å². The minimum atomic E-state index is -0.563. The maximum atomic E-state index is 13.7. The molecule has 2 aromatic rings. The Labute approximate surface area is 116 Å². The summed E-state index contributed by atoms with van der Waals surface area (Å²) in [6.45, 7) is 1.77. The summed E-state index contributed by atoms with van der Waals surface area (Å²) in [5.74, 6) is 0.119. The van der Waals surface area contributed by atoms with Crippen molar-refractivity contribution in [3.63, 3.8) is 0 Å². The second-order valence-electron chi connectivity index (χ2n) is 4.25. The molecule has 0 aromatic heterocycles. The van der Waals surface area contributed by atoms with E-state index in [1.54, 1.807) is 43.3 Å². The van der Waals surface area contributed by atoms with Gasteiger partial charge in [0.15, 0.2) is 0 Å². The van der Waals surface area contributed by atoms with E-state index in [9.17, 15) is 9.50 Å². The lowest BCUT2D eigenvalue weighted by Crippen LogP contribution is -2.00. The molecule has 0 fully saturated rings. The molecular weight excluding hydrogens is 267 g/mol. The van der Waals surface area contributed by atoms with Crippen molar-refractivity contribution >= 4 is 11.6 Å². The van der Waals surface area contributed by atoms with E-state index >= 15 is 0 Å². The van der Waals surface area contributed by atoms with E-state index in [4.69, 9.17) is 16.3 Å². The van der Waals surface area contributed by atoms with Gasteiger partial charge >= 0.3 is 0 Å². The highest BCUT2D eigenvalue weighted by Gasteiger charge is 2.07. The third-order valence-corrected chi connectivity index (χ3v) is 3.06. The molecule has 0 bridgehead atoms. The summed E-state index contributed by atoms with van der Waals surface area (Å²) in [5, 5.41) is 9.56. The lowest BCUT2D eigenvalue weighted by atomic mass is 10.1. The van der Waals surface area contributed by atoms with Gasteiger partial charge in [0.1, 0.15) is 18.2 Å². The number of rotatable bonds is 4. The van der Waals surface area contributed by atoms with Gasteiger partial charge in [0, 0.05) is 5.56 Å². The minimum Gasteiger partial charge on any atom is -0.489 e. The average molecular weight is 281 g/mol. The standard InChI is InChI=1S/C15H14ClFO2/c1-10(18)11-4-2-6-13(8-11)19-9-12-5-3-7-14(16)15(12)17/h2-8,10,18H,9H2,1H3/t10-/m1/s1. The van der Waals surface area contributed by atoms with Crippen molar-refractivity contribution in [1.82, 2.24) is 0 Å². The Hall–Kier alpha value is -1.58. The van der Waals surface area contributed by atoms with Crippen molar-refractivity contribution in [2.24, 2.45) is 0 Å². The van der Waals surface area contributed by atoms with Crippen LogP contribution in [0, 0.1) is 5.82 Å². The number of aliphatic hydroxyl groups excluding tert-OH is 1. The zero-order valence-electron chi connectivity index (χ0n) is 10.4. The van der Waals surface area contributed by atoms with Gasteiger partial charge < -0.3 is 9.84 Å². The van der Waals surface area contributed by atoms with Crippen LogP contribution < -0.4 is 4.74 Å². The normalized spacial score (nSPS) is 12.2. The predicted octanol–water partition coefficient (Wildman–Crippen LogP) is 4.11. The van der Waals surface area contributed by atoms with Crippen molar-refractivity contribution in [2.45, 2.75) is 19.6 Å². The highest BCUT2D eigenvalue weighted by atomic mass is 35.5. The van der Waals surface area contributed by atoms with Crippen LogP contribution in [0.15, 0.2) is 42.5 Å². The van der Waals surface area contributed by atoms with Crippen LogP contribution in [-0.4, -0.2) is 5.11 Å². The van der Waals surface area contributed by atoms with Gasteiger partial charge in [-0.25, -0.2) is 4.39 Å². The maximum Gasteiger partial charge on any atom is 0.148 e. The van der Waals surface area contributed by atoms with Gasteiger partial charge in [-0.15, -0.1) is 0 Å². The molecule has 1 N–H and O–H groups in total. The SMILES string of the molecule is C[C@@H](O)c1cccc(OCc2cccc(Cl)c2F)c1. The Morgan fingerprint density at radius 2 is 2.00 bits per heavy atom. The molecule has 0 aliphatic rings. The maximum absolute atomic E-state index is 13.7. The molecule has 19 heavy (non-hydrogen) atoms. The highest BCUT2D eigenvalue weighted by Crippen LogP contribution is 2.22. The number of halogens is 2. The summed E-state index contributed by atoms with van der Waals surface area (Å²) in [7, 11) is 0. The van der Waals surface area contributed by atoms with Crippen molar-refractivity contribution in [3.8, 4) is 5.75 Å².